The third kappa shape index (κ3) is 10.2. The van der Waals surface area contributed by atoms with E-state index < -0.39 is 17.0 Å². The average Bonchev–Trinajstić information content (AvgIpc) is 3.16. The van der Waals surface area contributed by atoms with E-state index in [9.17, 15) is 23.3 Å². The Hall–Kier alpha value is -1.77. The first-order valence-electron chi connectivity index (χ1n) is 5.44. The Bertz CT molecular complexity index is 444. The van der Waals surface area contributed by atoms with Crippen molar-refractivity contribution in [2.75, 3.05) is 0 Å². The molecule has 9 heteroatoms. The second kappa shape index (κ2) is 8.41. The van der Waals surface area contributed by atoms with Crippen molar-refractivity contribution in [1.29, 1.82) is 0 Å². The van der Waals surface area contributed by atoms with Crippen molar-refractivity contribution < 1.29 is 22.9 Å². The molecule has 1 aliphatic carbocycles. The fourth-order valence-electron chi connectivity index (χ4n) is 0.574. The first-order valence-corrected chi connectivity index (χ1v) is 5.89. The molecule has 20 heavy (non-hydrogen) atoms. The van der Waals surface area contributed by atoms with Crippen molar-refractivity contribution in [3.63, 3.8) is 0 Å². The second-order valence-electron chi connectivity index (χ2n) is 3.70. The Morgan fingerprint density at radius 3 is 1.75 bits per heavy atom. The molecule has 0 heterocycles. The summed E-state index contributed by atoms with van der Waals surface area (Å²) < 4.78 is 32.1. The molecule has 1 saturated carbocycles. The Labute approximate surface area is 118 Å². The van der Waals surface area contributed by atoms with Gasteiger partial charge in [0.1, 0.15) is 0 Å². The number of thiol groups is 1. The van der Waals surface area contributed by atoms with Gasteiger partial charge in [0.25, 0.3) is 5.69 Å². The highest BCUT2D eigenvalue weighted by atomic mass is 32.1. The zero-order valence-corrected chi connectivity index (χ0v) is 11.2. The van der Waals surface area contributed by atoms with Gasteiger partial charge in [-0.25, -0.2) is 0 Å². The van der Waals surface area contributed by atoms with Crippen LogP contribution in [0.25, 0.3) is 0 Å². The molecule has 2 rings (SSSR count). The summed E-state index contributed by atoms with van der Waals surface area (Å²) in [4.78, 5) is 19.5. The molecule has 5 nitrogen and oxygen atoms in total. The molecule has 1 aromatic rings. The Kier molecular flexibility index (Phi) is 7.67. The maximum atomic E-state index is 10.7. The lowest BCUT2D eigenvalue weighted by Crippen LogP contribution is -2.30. The summed E-state index contributed by atoms with van der Waals surface area (Å²) in [6, 6.07) is 6.01. The van der Waals surface area contributed by atoms with E-state index in [-0.39, 0.29) is 5.69 Å². The highest BCUT2D eigenvalue weighted by Gasteiger charge is 2.35. The van der Waals surface area contributed by atoms with E-state index in [1.54, 1.807) is 12.1 Å². The van der Waals surface area contributed by atoms with E-state index in [0.29, 0.717) is 0 Å². The molecule has 1 amide bonds. The largest absolute Gasteiger partial charge is 0.470 e. The quantitative estimate of drug-likeness (QED) is 0.475. The third-order valence-electron chi connectivity index (χ3n) is 1.69. The average molecular weight is 310 g/mol. The van der Waals surface area contributed by atoms with Crippen LogP contribution in [0.2, 0.25) is 0 Å². The summed E-state index contributed by atoms with van der Waals surface area (Å²) in [6.07, 6.45) is -0.361. The predicted molar refractivity (Wildman–Crippen MR) is 69.4 cm³/mol. The van der Waals surface area contributed by atoms with E-state index >= 15 is 0 Å². The number of hydrogen-bond donors (Lipinski definition) is 2. The third-order valence-corrected chi connectivity index (χ3v) is 1.99. The number of non-ortho nitro benzene ring substituents is 1. The summed E-state index contributed by atoms with van der Waals surface area (Å²) in [7, 11) is 0. The summed E-state index contributed by atoms with van der Waals surface area (Å²) in [5, 5.41) is 10.1. The van der Waals surface area contributed by atoms with Gasteiger partial charge in [0.15, 0.2) is 0 Å². The zero-order chi connectivity index (χ0) is 15.8. The second-order valence-corrected chi connectivity index (χ2v) is 4.21. The Balaban J connectivity index is 0.000000311. The molecule has 0 atom stereocenters. The van der Waals surface area contributed by atoms with Crippen molar-refractivity contribution in [2.45, 2.75) is 30.3 Å². The minimum atomic E-state index is -4.86. The van der Waals surface area contributed by atoms with Crippen LogP contribution >= 0.6 is 12.6 Å². The maximum absolute atomic E-state index is 10.7. The minimum absolute atomic E-state index is 0.0952. The van der Waals surface area contributed by atoms with E-state index in [1.807, 2.05) is 0 Å². The lowest BCUT2D eigenvalue weighted by molar-refractivity contribution is -0.384. The molecule has 112 valence electrons. The Morgan fingerprint density at radius 1 is 1.20 bits per heavy atom. The number of amides is 1. The molecule has 1 aliphatic rings. The van der Waals surface area contributed by atoms with Gasteiger partial charge >= 0.3 is 12.1 Å². The van der Waals surface area contributed by atoms with Crippen LogP contribution in [-0.4, -0.2) is 17.0 Å². The molecule has 1 fully saturated rings. The van der Waals surface area contributed by atoms with Crippen LogP contribution in [0.5, 0.6) is 0 Å². The number of hydrogen-bond acceptors (Lipinski definition) is 4. The highest BCUT2D eigenvalue weighted by Crippen LogP contribution is 2.15. The van der Waals surface area contributed by atoms with Gasteiger partial charge in [0.05, 0.1) is 4.92 Å². The topological polar surface area (TPSA) is 86.2 Å². The van der Waals surface area contributed by atoms with Crippen molar-refractivity contribution in [3.8, 4) is 0 Å². The number of rotatable bonds is 1. The van der Waals surface area contributed by atoms with Gasteiger partial charge < -0.3 is 5.73 Å². The van der Waals surface area contributed by atoms with Crippen molar-refractivity contribution in [1.82, 2.24) is 0 Å². The van der Waals surface area contributed by atoms with E-state index in [1.165, 1.54) is 31.4 Å². The number of nitro benzene ring substituents is 1. The van der Waals surface area contributed by atoms with E-state index in [4.69, 9.17) is 4.79 Å². The number of nitro groups is 1. The maximum Gasteiger partial charge on any atom is 0.470 e. The van der Waals surface area contributed by atoms with E-state index in [0.717, 1.165) is 4.90 Å². The lowest BCUT2D eigenvalue weighted by Gasteiger charge is -1.95. The number of benzene rings is 1. The van der Waals surface area contributed by atoms with Gasteiger partial charge in [-0.15, -0.1) is 12.6 Å². The summed E-state index contributed by atoms with van der Waals surface area (Å²) in [5.41, 5.74) is 3.90. The van der Waals surface area contributed by atoms with Gasteiger partial charge in [-0.05, 0) is 12.1 Å². The number of primary amides is 1. The highest BCUT2D eigenvalue weighted by molar-refractivity contribution is 7.80. The van der Waals surface area contributed by atoms with Gasteiger partial charge in [0.2, 0.25) is 0 Å². The molecule has 0 unspecified atom stereocenters. The van der Waals surface area contributed by atoms with E-state index in [2.05, 4.69) is 18.4 Å². The monoisotopic (exact) mass is 310 g/mol. The van der Waals surface area contributed by atoms with Gasteiger partial charge in [-0.3, -0.25) is 14.9 Å². The summed E-state index contributed by atoms with van der Waals surface area (Å²) in [5.74, 6) is -2.26. The molecule has 1 aromatic carbocycles. The fraction of sp³-hybridized carbons (Fsp3) is 0.364. The molecule has 0 aliphatic heterocycles. The van der Waals surface area contributed by atoms with Gasteiger partial charge in [-0.2, -0.15) is 13.2 Å². The van der Waals surface area contributed by atoms with Crippen LogP contribution in [-0.2, 0) is 4.79 Å². The zero-order valence-electron chi connectivity index (χ0n) is 10.3. The van der Waals surface area contributed by atoms with Gasteiger partial charge in [-0.1, -0.05) is 19.3 Å². The fourth-order valence-corrected chi connectivity index (χ4v) is 0.723. The number of alkyl halides is 3. The first-order chi connectivity index (χ1) is 9.14. The molecule has 0 radical (unpaired) electrons. The van der Waals surface area contributed by atoms with Crippen LogP contribution in [0.4, 0.5) is 18.9 Å². The molecular formula is C11H13F3N2O3S. The lowest BCUT2D eigenvalue weighted by atomic mass is 10.3. The first kappa shape index (κ1) is 18.2. The Morgan fingerprint density at radius 2 is 1.55 bits per heavy atom. The van der Waals surface area contributed by atoms with Crippen LogP contribution in [0.3, 0.4) is 0 Å². The van der Waals surface area contributed by atoms with Crippen molar-refractivity contribution in [2.24, 2.45) is 5.73 Å². The number of nitrogens with zero attached hydrogens (tertiary/aromatic N) is 1. The van der Waals surface area contributed by atoms with Crippen LogP contribution in [0.15, 0.2) is 29.2 Å². The summed E-state index contributed by atoms with van der Waals surface area (Å²) in [6.45, 7) is 0. The smallest absolute Gasteiger partial charge is 0.362 e. The molecule has 0 aromatic heterocycles. The molecule has 2 N–H and O–H groups in total. The number of carbonyl (C=O) groups excluding carboxylic acids is 1. The number of carbonyl (C=O) groups is 1. The normalized spacial score (nSPS) is 12.2. The molecule has 0 spiro atoms. The molecular weight excluding hydrogens is 297 g/mol. The summed E-state index contributed by atoms with van der Waals surface area (Å²) >= 11 is 3.98. The van der Waals surface area contributed by atoms with Gasteiger partial charge in [0, 0.05) is 17.0 Å². The standard InChI is InChI=1S/C6H5NO2S.C3H6.C2H2F3NO/c8-7(9)5-1-3-6(10)4-2-5;1-2-3-1;3-2(4,5)1(6)7/h1-4,10H;1-3H2;(H2,6,7). The molecule has 0 bridgehead atoms. The van der Waals surface area contributed by atoms with Crippen LogP contribution in [0.1, 0.15) is 19.3 Å². The van der Waals surface area contributed by atoms with Crippen LogP contribution < -0.4 is 5.73 Å². The number of halogens is 3. The van der Waals surface area contributed by atoms with Crippen molar-refractivity contribution in [3.05, 3.63) is 34.4 Å². The number of nitrogens with two attached hydrogens (primary N) is 1. The van der Waals surface area contributed by atoms with Crippen molar-refractivity contribution >= 4 is 24.2 Å². The predicted octanol–water partition coefficient (Wildman–Crippen LogP) is 3.09. The van der Waals surface area contributed by atoms with Crippen LogP contribution in [0, 0.1) is 10.1 Å². The minimum Gasteiger partial charge on any atom is -0.362 e. The molecule has 0 saturated heterocycles. The SMILES string of the molecule is C1CC1.NC(=O)C(F)(F)F.O=[N+]([O-])c1ccc(S)cc1.